The number of hydrogen-bond acceptors (Lipinski definition) is 6. The van der Waals surface area contributed by atoms with Gasteiger partial charge in [0.25, 0.3) is 0 Å². The highest BCUT2D eigenvalue weighted by atomic mass is 35.5. The Morgan fingerprint density at radius 2 is 1.73 bits per heavy atom. The van der Waals surface area contributed by atoms with E-state index in [1.807, 2.05) is 0 Å². The van der Waals surface area contributed by atoms with Crippen LogP contribution < -0.4 is 10.1 Å². The molecule has 1 aliphatic rings. The van der Waals surface area contributed by atoms with Gasteiger partial charge in [-0.1, -0.05) is 31.0 Å². The van der Waals surface area contributed by atoms with Crippen molar-refractivity contribution in [2.75, 3.05) is 5.32 Å². The Balaban J connectivity index is 1.67. The fraction of sp³-hybridized carbons (Fsp3) is 0.438. The Hall–Kier alpha value is -1.74. The Bertz CT molecular complexity index is 739. The maximum atomic E-state index is 12.2. The number of aromatic nitrogens is 3. The lowest BCUT2D eigenvalue weighted by Crippen LogP contribution is -2.17. The van der Waals surface area contributed by atoms with Crippen LogP contribution in [0.2, 0.25) is 5.28 Å². The lowest BCUT2D eigenvalue weighted by Gasteiger charge is -2.20. The zero-order valence-electron chi connectivity index (χ0n) is 13.6. The Labute approximate surface area is 157 Å². The van der Waals surface area contributed by atoms with Gasteiger partial charge in [-0.3, -0.25) is 0 Å². The van der Waals surface area contributed by atoms with E-state index >= 15 is 0 Å². The normalized spacial score (nSPS) is 15.7. The predicted octanol–water partition coefficient (Wildman–Crippen LogP) is 5.59. The molecule has 1 aliphatic carbocycles. The summed E-state index contributed by atoms with van der Waals surface area (Å²) in [5.41, 5.74) is 0.510. The summed E-state index contributed by atoms with van der Waals surface area (Å²) >= 11 is 7.55. The molecule has 1 heterocycles. The summed E-state index contributed by atoms with van der Waals surface area (Å²) in [4.78, 5) is 12.5. The van der Waals surface area contributed by atoms with Gasteiger partial charge in [-0.25, -0.2) is 0 Å². The second-order valence-electron chi connectivity index (χ2n) is 5.79. The van der Waals surface area contributed by atoms with Crippen molar-refractivity contribution in [3.63, 3.8) is 0 Å². The first-order valence-corrected chi connectivity index (χ1v) is 9.34. The highest BCUT2D eigenvalue weighted by Crippen LogP contribution is 2.32. The third kappa shape index (κ3) is 5.91. The summed E-state index contributed by atoms with van der Waals surface area (Å²) in [5, 5.41) is 3.99. The first kappa shape index (κ1) is 19.0. The van der Waals surface area contributed by atoms with E-state index in [1.54, 1.807) is 11.8 Å². The molecule has 0 atom stereocenters. The Kier molecular flexibility index (Phi) is 6.08. The molecule has 0 bridgehead atoms. The van der Waals surface area contributed by atoms with Crippen LogP contribution in [0.5, 0.6) is 5.75 Å². The molecule has 1 N–H and O–H groups in total. The Morgan fingerprint density at radius 1 is 1.04 bits per heavy atom. The molecule has 0 saturated heterocycles. The first-order valence-electron chi connectivity index (χ1n) is 8.08. The fourth-order valence-electron chi connectivity index (χ4n) is 2.64. The molecular formula is C16H16ClF3N4OS. The van der Waals surface area contributed by atoms with E-state index in [9.17, 15) is 13.2 Å². The number of alkyl halides is 3. The standard InChI is InChI=1S/C16H16ClF3N4OS/c17-13-22-14(24-15(23-13)26-12-4-2-1-3-5-12)21-10-6-8-11(9-7-10)25-16(18,19)20/h6-9,12H,1-5H2,(H,21,22,23,24). The molecule has 2 aromatic rings. The smallest absolute Gasteiger partial charge is 0.406 e. The van der Waals surface area contributed by atoms with Gasteiger partial charge in [0.2, 0.25) is 11.2 Å². The van der Waals surface area contributed by atoms with Crippen LogP contribution in [0.1, 0.15) is 32.1 Å². The van der Waals surface area contributed by atoms with Crippen molar-refractivity contribution >= 4 is 35.0 Å². The number of rotatable bonds is 5. The molecule has 1 aromatic heterocycles. The molecule has 0 amide bonds. The summed E-state index contributed by atoms with van der Waals surface area (Å²) in [6, 6.07) is 5.28. The third-order valence-corrected chi connectivity index (χ3v) is 5.12. The quantitative estimate of drug-likeness (QED) is 0.700. The van der Waals surface area contributed by atoms with Crippen molar-refractivity contribution in [2.24, 2.45) is 0 Å². The van der Waals surface area contributed by atoms with Gasteiger partial charge < -0.3 is 10.1 Å². The molecule has 26 heavy (non-hydrogen) atoms. The highest BCUT2D eigenvalue weighted by Gasteiger charge is 2.31. The van der Waals surface area contributed by atoms with E-state index in [-0.39, 0.29) is 17.0 Å². The topological polar surface area (TPSA) is 59.9 Å². The summed E-state index contributed by atoms with van der Waals surface area (Å²) < 4.78 is 40.4. The summed E-state index contributed by atoms with van der Waals surface area (Å²) in [6.07, 6.45) is 1.19. The van der Waals surface area contributed by atoms with Crippen LogP contribution in [0.4, 0.5) is 24.8 Å². The predicted molar refractivity (Wildman–Crippen MR) is 94.0 cm³/mol. The average molecular weight is 405 g/mol. The zero-order chi connectivity index (χ0) is 18.6. The van der Waals surface area contributed by atoms with Crippen molar-refractivity contribution in [1.82, 2.24) is 15.0 Å². The van der Waals surface area contributed by atoms with Crippen LogP contribution in [-0.4, -0.2) is 26.6 Å². The Morgan fingerprint density at radius 3 is 2.38 bits per heavy atom. The van der Waals surface area contributed by atoms with Gasteiger partial charge in [-0.2, -0.15) is 15.0 Å². The van der Waals surface area contributed by atoms with Crippen LogP contribution in [-0.2, 0) is 0 Å². The van der Waals surface area contributed by atoms with Crippen molar-refractivity contribution in [2.45, 2.75) is 48.9 Å². The van der Waals surface area contributed by atoms with Gasteiger partial charge in [-0.15, -0.1) is 13.2 Å². The van der Waals surface area contributed by atoms with Gasteiger partial charge in [0.05, 0.1) is 0 Å². The maximum Gasteiger partial charge on any atom is 0.573 e. The second kappa shape index (κ2) is 8.30. The van der Waals surface area contributed by atoms with Crippen molar-refractivity contribution in [1.29, 1.82) is 0 Å². The number of benzene rings is 1. The van der Waals surface area contributed by atoms with E-state index in [1.165, 1.54) is 43.5 Å². The number of halogens is 4. The molecule has 1 fully saturated rings. The van der Waals surface area contributed by atoms with Crippen LogP contribution in [0.3, 0.4) is 0 Å². The summed E-state index contributed by atoms with van der Waals surface area (Å²) in [6.45, 7) is 0. The van der Waals surface area contributed by atoms with Crippen molar-refractivity contribution in [3.05, 3.63) is 29.5 Å². The van der Waals surface area contributed by atoms with Crippen molar-refractivity contribution in [3.8, 4) is 5.75 Å². The number of anilines is 2. The molecule has 3 rings (SSSR count). The number of nitrogens with one attached hydrogen (secondary N) is 1. The van der Waals surface area contributed by atoms with Gasteiger partial charge in [0.1, 0.15) is 5.75 Å². The highest BCUT2D eigenvalue weighted by molar-refractivity contribution is 7.99. The van der Waals surface area contributed by atoms with E-state index in [4.69, 9.17) is 11.6 Å². The molecule has 140 valence electrons. The molecule has 0 radical (unpaired) electrons. The van der Waals surface area contributed by atoms with Crippen LogP contribution >= 0.6 is 23.4 Å². The monoisotopic (exact) mass is 404 g/mol. The zero-order valence-corrected chi connectivity index (χ0v) is 15.2. The number of nitrogens with zero attached hydrogens (tertiary/aromatic N) is 3. The number of ether oxygens (including phenoxy) is 1. The van der Waals surface area contributed by atoms with Crippen LogP contribution in [0.15, 0.2) is 29.4 Å². The van der Waals surface area contributed by atoms with E-state index in [0.29, 0.717) is 16.1 Å². The summed E-state index contributed by atoms with van der Waals surface area (Å²) in [5.74, 6) is -0.0573. The van der Waals surface area contributed by atoms with E-state index in [0.717, 1.165) is 12.8 Å². The molecular weight excluding hydrogens is 389 g/mol. The molecule has 10 heteroatoms. The van der Waals surface area contributed by atoms with E-state index < -0.39 is 6.36 Å². The molecule has 0 spiro atoms. The maximum absolute atomic E-state index is 12.2. The second-order valence-corrected chi connectivity index (χ2v) is 7.39. The van der Waals surface area contributed by atoms with Gasteiger partial charge in [0, 0.05) is 10.9 Å². The van der Waals surface area contributed by atoms with Crippen LogP contribution in [0.25, 0.3) is 0 Å². The molecule has 1 aromatic carbocycles. The average Bonchev–Trinajstić information content (AvgIpc) is 2.56. The van der Waals surface area contributed by atoms with Gasteiger partial charge in [-0.05, 0) is 48.7 Å². The lowest BCUT2D eigenvalue weighted by atomic mass is 10.0. The molecule has 0 aliphatic heterocycles. The number of hydrogen-bond donors (Lipinski definition) is 1. The summed E-state index contributed by atoms with van der Waals surface area (Å²) in [7, 11) is 0. The first-order chi connectivity index (χ1) is 12.4. The minimum absolute atomic E-state index is 0.0674. The van der Waals surface area contributed by atoms with Crippen molar-refractivity contribution < 1.29 is 17.9 Å². The lowest BCUT2D eigenvalue weighted by molar-refractivity contribution is -0.274. The SMILES string of the molecule is FC(F)(F)Oc1ccc(Nc2nc(Cl)nc(SC3CCCCC3)n2)cc1. The minimum Gasteiger partial charge on any atom is -0.406 e. The van der Waals surface area contributed by atoms with Gasteiger partial charge >= 0.3 is 6.36 Å². The fourth-order valence-corrected chi connectivity index (χ4v) is 4.00. The molecule has 5 nitrogen and oxygen atoms in total. The van der Waals surface area contributed by atoms with E-state index in [2.05, 4.69) is 25.0 Å². The molecule has 0 unspecified atom stereocenters. The number of thioether (sulfide) groups is 1. The largest absolute Gasteiger partial charge is 0.573 e. The van der Waals surface area contributed by atoms with Gasteiger partial charge in [0.15, 0.2) is 5.16 Å². The molecule has 1 saturated carbocycles. The third-order valence-electron chi connectivity index (χ3n) is 3.76. The van der Waals surface area contributed by atoms with Crippen LogP contribution in [0, 0.1) is 0 Å². The minimum atomic E-state index is -4.72.